The van der Waals surface area contributed by atoms with Crippen LogP contribution in [0, 0.1) is 0 Å². The van der Waals surface area contributed by atoms with Gasteiger partial charge in [-0.25, -0.2) is 8.78 Å². The predicted molar refractivity (Wildman–Crippen MR) is 42.6 cm³/mol. The van der Waals surface area contributed by atoms with Gasteiger partial charge in [-0.3, -0.25) is 10.1 Å². The number of hydrogen-bond acceptors (Lipinski definition) is 2. The van der Waals surface area contributed by atoms with E-state index in [4.69, 9.17) is 0 Å². The second-order valence-corrected chi connectivity index (χ2v) is 3.95. The first-order valence-electron chi connectivity index (χ1n) is 4.34. The molecule has 1 N–H and O–H groups in total. The summed E-state index contributed by atoms with van der Waals surface area (Å²) in [6, 6.07) is 0. The standard InChI is InChI=1S/C8H12F2N2O/c1-12-3-2-7(6(12)13)4-8(9,10)5-11-7/h11H,2-5H2,1H3. The molecule has 2 saturated heterocycles. The lowest BCUT2D eigenvalue weighted by atomic mass is 9.95. The highest BCUT2D eigenvalue weighted by Crippen LogP contribution is 2.38. The van der Waals surface area contributed by atoms with Crippen LogP contribution in [0.5, 0.6) is 0 Å². The van der Waals surface area contributed by atoms with Crippen molar-refractivity contribution in [2.24, 2.45) is 0 Å². The molecular weight excluding hydrogens is 178 g/mol. The average Bonchev–Trinajstić information content (AvgIpc) is 2.48. The Labute approximate surface area is 75.1 Å². The Balaban J connectivity index is 2.20. The maximum Gasteiger partial charge on any atom is 0.262 e. The molecule has 2 heterocycles. The fourth-order valence-electron chi connectivity index (χ4n) is 2.13. The van der Waals surface area contributed by atoms with E-state index in [2.05, 4.69) is 5.32 Å². The number of rotatable bonds is 0. The zero-order valence-corrected chi connectivity index (χ0v) is 7.44. The number of likely N-dealkylation sites (tertiary alicyclic amines) is 1. The number of hydrogen-bond donors (Lipinski definition) is 1. The van der Waals surface area contributed by atoms with E-state index in [1.807, 2.05) is 0 Å². The monoisotopic (exact) mass is 190 g/mol. The maximum atomic E-state index is 12.9. The van der Waals surface area contributed by atoms with Crippen LogP contribution in [-0.4, -0.2) is 42.4 Å². The van der Waals surface area contributed by atoms with E-state index in [1.165, 1.54) is 4.90 Å². The first kappa shape index (κ1) is 8.87. The quantitative estimate of drug-likeness (QED) is 0.592. The lowest BCUT2D eigenvalue weighted by Crippen LogP contribution is -2.46. The van der Waals surface area contributed by atoms with Crippen molar-refractivity contribution < 1.29 is 13.6 Å². The zero-order chi connectivity index (χ0) is 9.69. The van der Waals surface area contributed by atoms with Crippen molar-refractivity contribution >= 4 is 5.91 Å². The van der Waals surface area contributed by atoms with Crippen LogP contribution in [-0.2, 0) is 4.79 Å². The predicted octanol–water partition coefficient (Wildman–Crippen LogP) is 0.216. The number of amides is 1. The third kappa shape index (κ3) is 1.22. The molecule has 0 aromatic heterocycles. The van der Waals surface area contributed by atoms with E-state index in [1.54, 1.807) is 7.05 Å². The van der Waals surface area contributed by atoms with Gasteiger partial charge in [0.25, 0.3) is 5.92 Å². The molecule has 1 unspecified atom stereocenters. The molecule has 5 heteroatoms. The van der Waals surface area contributed by atoms with Gasteiger partial charge in [-0.05, 0) is 6.42 Å². The highest BCUT2D eigenvalue weighted by Gasteiger charge is 2.56. The summed E-state index contributed by atoms with van der Waals surface area (Å²) in [5.41, 5.74) is -0.960. The Morgan fingerprint density at radius 1 is 1.54 bits per heavy atom. The largest absolute Gasteiger partial charge is 0.344 e. The van der Waals surface area contributed by atoms with E-state index in [0.29, 0.717) is 13.0 Å². The van der Waals surface area contributed by atoms with Crippen LogP contribution >= 0.6 is 0 Å². The van der Waals surface area contributed by atoms with Crippen molar-refractivity contribution in [1.29, 1.82) is 0 Å². The molecule has 1 spiro atoms. The van der Waals surface area contributed by atoms with Crippen LogP contribution in [0.3, 0.4) is 0 Å². The van der Waals surface area contributed by atoms with E-state index < -0.39 is 11.5 Å². The number of likely N-dealkylation sites (N-methyl/N-ethyl adjacent to an activating group) is 1. The van der Waals surface area contributed by atoms with Crippen LogP contribution in [0.1, 0.15) is 12.8 Å². The fourth-order valence-corrected chi connectivity index (χ4v) is 2.13. The molecule has 13 heavy (non-hydrogen) atoms. The molecule has 2 rings (SSSR count). The van der Waals surface area contributed by atoms with Crippen LogP contribution in [0.25, 0.3) is 0 Å². The van der Waals surface area contributed by atoms with Gasteiger partial charge in [-0.2, -0.15) is 0 Å². The molecule has 2 fully saturated rings. The molecule has 74 valence electrons. The molecule has 1 amide bonds. The van der Waals surface area contributed by atoms with Gasteiger partial charge in [0.1, 0.15) is 5.54 Å². The molecule has 0 bridgehead atoms. The van der Waals surface area contributed by atoms with Gasteiger partial charge in [0.05, 0.1) is 6.54 Å². The SMILES string of the molecule is CN1CCC2(CC(F)(F)CN2)C1=O. The minimum Gasteiger partial charge on any atom is -0.344 e. The van der Waals surface area contributed by atoms with Gasteiger partial charge in [-0.1, -0.05) is 0 Å². The van der Waals surface area contributed by atoms with Crippen LogP contribution in [0.4, 0.5) is 8.78 Å². The molecular formula is C8H12F2N2O. The number of carbonyl (C=O) groups excluding carboxylic acids is 1. The zero-order valence-electron chi connectivity index (χ0n) is 7.44. The second kappa shape index (κ2) is 2.41. The van der Waals surface area contributed by atoms with E-state index in [9.17, 15) is 13.6 Å². The maximum absolute atomic E-state index is 12.9. The van der Waals surface area contributed by atoms with Gasteiger partial charge in [0, 0.05) is 20.0 Å². The van der Waals surface area contributed by atoms with Crippen molar-refractivity contribution in [3.63, 3.8) is 0 Å². The van der Waals surface area contributed by atoms with Crippen LogP contribution in [0.2, 0.25) is 0 Å². The highest BCUT2D eigenvalue weighted by atomic mass is 19.3. The van der Waals surface area contributed by atoms with E-state index >= 15 is 0 Å². The highest BCUT2D eigenvalue weighted by molar-refractivity contribution is 5.88. The summed E-state index contributed by atoms with van der Waals surface area (Å²) in [5, 5.41) is 2.66. The van der Waals surface area contributed by atoms with Gasteiger partial charge in [-0.15, -0.1) is 0 Å². The third-order valence-corrected chi connectivity index (χ3v) is 2.88. The summed E-state index contributed by atoms with van der Waals surface area (Å²) >= 11 is 0. The van der Waals surface area contributed by atoms with Gasteiger partial charge >= 0.3 is 0 Å². The van der Waals surface area contributed by atoms with Crippen molar-refractivity contribution in [3.05, 3.63) is 0 Å². The summed E-state index contributed by atoms with van der Waals surface area (Å²) in [6.07, 6.45) is 0.154. The third-order valence-electron chi connectivity index (χ3n) is 2.88. The molecule has 3 nitrogen and oxygen atoms in total. The van der Waals surface area contributed by atoms with E-state index in [-0.39, 0.29) is 18.9 Å². The minimum atomic E-state index is -2.72. The molecule has 0 radical (unpaired) electrons. The Hall–Kier alpha value is -0.710. The Bertz CT molecular complexity index is 257. The molecule has 0 aliphatic carbocycles. The van der Waals surface area contributed by atoms with Crippen molar-refractivity contribution in [1.82, 2.24) is 10.2 Å². The number of carbonyl (C=O) groups is 1. The average molecular weight is 190 g/mol. The van der Waals surface area contributed by atoms with Crippen LogP contribution in [0.15, 0.2) is 0 Å². The van der Waals surface area contributed by atoms with Crippen molar-refractivity contribution in [3.8, 4) is 0 Å². The number of nitrogens with one attached hydrogen (secondary N) is 1. The van der Waals surface area contributed by atoms with Gasteiger partial charge in [0.2, 0.25) is 5.91 Å². The first-order valence-corrected chi connectivity index (χ1v) is 4.34. The van der Waals surface area contributed by atoms with Crippen LogP contribution < -0.4 is 5.32 Å². The van der Waals surface area contributed by atoms with Crippen molar-refractivity contribution in [2.45, 2.75) is 24.3 Å². The summed E-state index contributed by atoms with van der Waals surface area (Å²) in [4.78, 5) is 13.1. The second-order valence-electron chi connectivity index (χ2n) is 3.95. The molecule has 0 aromatic carbocycles. The molecule has 0 aromatic rings. The summed E-state index contributed by atoms with van der Waals surface area (Å²) in [6.45, 7) is 0.203. The first-order chi connectivity index (χ1) is 5.95. The molecule has 2 aliphatic heterocycles. The summed E-state index contributed by atoms with van der Waals surface area (Å²) < 4.78 is 25.8. The molecule has 0 saturated carbocycles. The molecule has 1 atom stereocenters. The lowest BCUT2D eigenvalue weighted by Gasteiger charge is -2.20. The minimum absolute atomic E-state index is 0.190. The Morgan fingerprint density at radius 2 is 2.23 bits per heavy atom. The molecule has 2 aliphatic rings. The Morgan fingerprint density at radius 3 is 2.62 bits per heavy atom. The number of nitrogens with zero attached hydrogens (tertiary/aromatic N) is 1. The van der Waals surface area contributed by atoms with Gasteiger partial charge < -0.3 is 4.90 Å². The topological polar surface area (TPSA) is 32.3 Å². The number of halogens is 2. The normalized spacial score (nSPS) is 37.8. The van der Waals surface area contributed by atoms with Gasteiger partial charge in [0.15, 0.2) is 0 Å². The fraction of sp³-hybridized carbons (Fsp3) is 0.875. The summed E-state index contributed by atoms with van der Waals surface area (Å²) in [5.74, 6) is -2.91. The summed E-state index contributed by atoms with van der Waals surface area (Å²) in [7, 11) is 1.65. The van der Waals surface area contributed by atoms with Crippen molar-refractivity contribution in [2.75, 3.05) is 20.1 Å². The van der Waals surface area contributed by atoms with E-state index in [0.717, 1.165) is 0 Å². The Kier molecular flexibility index (Phi) is 1.64. The lowest BCUT2D eigenvalue weighted by molar-refractivity contribution is -0.132. The number of alkyl halides is 2. The smallest absolute Gasteiger partial charge is 0.262 e.